The molecule has 1 amide bonds. The topological polar surface area (TPSA) is 119 Å². The number of nitrogens with zero attached hydrogens (tertiary/aromatic N) is 4. The van der Waals surface area contributed by atoms with Gasteiger partial charge in [-0.25, -0.2) is 14.2 Å². The van der Waals surface area contributed by atoms with E-state index in [4.69, 9.17) is 9.26 Å². The molecule has 11 heteroatoms. The summed E-state index contributed by atoms with van der Waals surface area (Å²) in [6.45, 7) is 9.19. The SMILES string of the molecule is Cc1nc2n(c(=O)c1CC[N+]1(COC(=O)NCC(C)C)CCC(c3noc4cc(F)ccc34)CC1)CCCC2O. The van der Waals surface area contributed by atoms with Crippen molar-refractivity contribution >= 4 is 17.1 Å². The number of alkyl carbamates (subject to hydrolysis) is 1. The standard InChI is InChI=1S/C29H38FN5O5/c1-18(2)16-31-29(38)39-17-35(14-10-22-19(3)32-27-24(36)5-4-11-34(27)28(22)37)12-8-20(9-13-35)26-23-7-6-21(30)15-25(23)40-33-26/h6-7,15,18,20,24,36H,4-5,8-14,16-17H2,1-3H3/p+1. The zero-order chi connectivity index (χ0) is 28.4. The molecule has 0 bridgehead atoms. The number of fused-ring (bicyclic) bond motifs is 2. The van der Waals surface area contributed by atoms with E-state index in [1.807, 2.05) is 20.8 Å². The third-order valence-corrected chi connectivity index (χ3v) is 8.37. The second-order valence-electron chi connectivity index (χ2n) is 11.7. The first-order chi connectivity index (χ1) is 19.2. The molecule has 1 aromatic carbocycles. The zero-order valence-electron chi connectivity index (χ0n) is 23.5. The van der Waals surface area contributed by atoms with Crippen molar-refractivity contribution < 1.29 is 28.0 Å². The molecule has 2 aromatic heterocycles. The van der Waals surface area contributed by atoms with E-state index < -0.39 is 12.2 Å². The van der Waals surface area contributed by atoms with Crippen molar-refractivity contribution in [2.24, 2.45) is 5.92 Å². The number of aryl methyl sites for hydroxylation is 1. The smallest absolute Gasteiger partial charge is 0.399 e. The van der Waals surface area contributed by atoms with E-state index in [0.29, 0.717) is 65.5 Å². The third-order valence-electron chi connectivity index (χ3n) is 8.37. The number of aliphatic hydroxyl groups is 1. The van der Waals surface area contributed by atoms with Gasteiger partial charge in [0.25, 0.3) is 5.56 Å². The number of hydrogen-bond donors (Lipinski definition) is 2. The van der Waals surface area contributed by atoms with Crippen LogP contribution in [0.2, 0.25) is 0 Å². The van der Waals surface area contributed by atoms with Crippen LogP contribution >= 0.6 is 0 Å². The molecule has 216 valence electrons. The van der Waals surface area contributed by atoms with Crippen molar-refractivity contribution in [1.29, 1.82) is 0 Å². The van der Waals surface area contributed by atoms with Crippen LogP contribution in [0, 0.1) is 18.7 Å². The van der Waals surface area contributed by atoms with Gasteiger partial charge in [0.1, 0.15) is 17.7 Å². The highest BCUT2D eigenvalue weighted by molar-refractivity contribution is 5.79. The Kier molecular flexibility index (Phi) is 8.23. The highest BCUT2D eigenvalue weighted by atomic mass is 19.1. The number of benzene rings is 1. The Morgan fingerprint density at radius 2 is 2.08 bits per heavy atom. The zero-order valence-corrected chi connectivity index (χ0v) is 23.5. The highest BCUT2D eigenvalue weighted by Gasteiger charge is 2.38. The number of quaternary nitrogens is 1. The van der Waals surface area contributed by atoms with Crippen LogP contribution in [0.1, 0.15) is 74.3 Å². The van der Waals surface area contributed by atoms with E-state index in [9.17, 15) is 19.1 Å². The van der Waals surface area contributed by atoms with E-state index in [2.05, 4.69) is 15.5 Å². The summed E-state index contributed by atoms with van der Waals surface area (Å²) in [7, 11) is 0. The van der Waals surface area contributed by atoms with Crippen molar-refractivity contribution in [3.8, 4) is 0 Å². The van der Waals surface area contributed by atoms with Crippen molar-refractivity contribution in [3.05, 3.63) is 57.1 Å². The van der Waals surface area contributed by atoms with Gasteiger partial charge in [-0.3, -0.25) is 13.8 Å². The number of nitrogens with one attached hydrogen (secondary N) is 1. The van der Waals surface area contributed by atoms with Gasteiger partial charge in [-0.1, -0.05) is 19.0 Å². The van der Waals surface area contributed by atoms with Gasteiger partial charge in [0.2, 0.25) is 6.73 Å². The monoisotopic (exact) mass is 556 g/mol. The number of carbonyl (C=O) groups excluding carboxylic acids is 1. The minimum atomic E-state index is -0.714. The Bertz CT molecular complexity index is 1430. The summed E-state index contributed by atoms with van der Waals surface area (Å²) >= 11 is 0. The van der Waals surface area contributed by atoms with E-state index in [0.717, 1.165) is 43.4 Å². The van der Waals surface area contributed by atoms with Gasteiger partial charge in [0.15, 0.2) is 5.58 Å². The predicted molar refractivity (Wildman–Crippen MR) is 146 cm³/mol. The molecule has 2 aliphatic heterocycles. The van der Waals surface area contributed by atoms with E-state index in [1.54, 1.807) is 10.6 Å². The fourth-order valence-corrected chi connectivity index (χ4v) is 5.97. The van der Waals surface area contributed by atoms with E-state index >= 15 is 0 Å². The second-order valence-corrected chi connectivity index (χ2v) is 11.7. The minimum absolute atomic E-state index is 0.0915. The molecule has 10 nitrogen and oxygen atoms in total. The first-order valence-electron chi connectivity index (χ1n) is 14.2. The van der Waals surface area contributed by atoms with E-state index in [-0.39, 0.29) is 24.0 Å². The predicted octanol–water partition coefficient (Wildman–Crippen LogP) is 3.94. The summed E-state index contributed by atoms with van der Waals surface area (Å²) in [5.74, 6) is 0.530. The van der Waals surface area contributed by atoms with Gasteiger partial charge in [-0.05, 0) is 37.8 Å². The highest BCUT2D eigenvalue weighted by Crippen LogP contribution is 2.35. The quantitative estimate of drug-likeness (QED) is 0.404. The van der Waals surface area contributed by atoms with Crippen molar-refractivity contribution in [2.45, 2.75) is 71.4 Å². The van der Waals surface area contributed by atoms with Crippen LogP contribution in [0.3, 0.4) is 0 Å². The van der Waals surface area contributed by atoms with Crippen molar-refractivity contribution in [3.63, 3.8) is 0 Å². The van der Waals surface area contributed by atoms with Gasteiger partial charge in [-0.2, -0.15) is 0 Å². The lowest BCUT2D eigenvalue weighted by atomic mass is 9.90. The lowest BCUT2D eigenvalue weighted by Gasteiger charge is -2.42. The van der Waals surface area contributed by atoms with Crippen LogP contribution in [-0.2, 0) is 17.7 Å². The molecule has 1 saturated heterocycles. The Morgan fingerprint density at radius 1 is 1.30 bits per heavy atom. The van der Waals surface area contributed by atoms with Crippen LogP contribution in [0.4, 0.5) is 9.18 Å². The van der Waals surface area contributed by atoms with Crippen LogP contribution in [0.15, 0.2) is 27.5 Å². The molecule has 2 aliphatic rings. The molecule has 0 spiro atoms. The lowest BCUT2D eigenvalue weighted by molar-refractivity contribution is -0.947. The number of halogens is 1. The Morgan fingerprint density at radius 3 is 2.83 bits per heavy atom. The number of rotatable bonds is 8. The maximum absolute atomic E-state index is 13.7. The van der Waals surface area contributed by atoms with Crippen LogP contribution < -0.4 is 10.9 Å². The number of likely N-dealkylation sites (tertiary alicyclic amines) is 1. The van der Waals surface area contributed by atoms with Gasteiger partial charge >= 0.3 is 6.09 Å². The molecule has 0 saturated carbocycles. The number of hydrogen-bond acceptors (Lipinski definition) is 7. The minimum Gasteiger partial charge on any atom is -0.399 e. The average molecular weight is 557 g/mol. The van der Waals surface area contributed by atoms with Crippen molar-refractivity contribution in [1.82, 2.24) is 20.0 Å². The number of amides is 1. The van der Waals surface area contributed by atoms with Crippen LogP contribution in [0.25, 0.3) is 11.0 Å². The molecule has 5 rings (SSSR count). The molecule has 4 heterocycles. The fourth-order valence-electron chi connectivity index (χ4n) is 5.97. The first kappa shape index (κ1) is 28.2. The molecule has 1 unspecified atom stereocenters. The summed E-state index contributed by atoms with van der Waals surface area (Å²) in [4.78, 5) is 30.4. The molecule has 40 heavy (non-hydrogen) atoms. The number of piperidine rings is 1. The molecule has 1 atom stereocenters. The number of carbonyl (C=O) groups is 1. The second kappa shape index (κ2) is 11.7. The molecule has 0 radical (unpaired) electrons. The van der Waals surface area contributed by atoms with Gasteiger partial charge < -0.3 is 19.7 Å². The Hall–Kier alpha value is -3.31. The number of aliphatic hydroxyl groups excluding tert-OH is 1. The van der Waals surface area contributed by atoms with Gasteiger partial charge in [-0.15, -0.1) is 0 Å². The molecule has 3 aromatic rings. The molecule has 0 aliphatic carbocycles. The number of ether oxygens (including phenoxy) is 1. The lowest BCUT2D eigenvalue weighted by Crippen LogP contribution is -2.56. The largest absolute Gasteiger partial charge is 0.411 e. The average Bonchev–Trinajstić information content (AvgIpc) is 3.34. The normalized spacial score (nSPS) is 22.9. The van der Waals surface area contributed by atoms with Crippen LogP contribution in [-0.4, -0.2) is 63.3 Å². The summed E-state index contributed by atoms with van der Waals surface area (Å²) in [6, 6.07) is 4.49. The summed E-state index contributed by atoms with van der Waals surface area (Å²) in [6.07, 6.45) is 2.24. The Balaban J connectivity index is 1.34. The Labute approximate surface area is 232 Å². The van der Waals surface area contributed by atoms with Gasteiger partial charge in [0.05, 0.1) is 25.3 Å². The van der Waals surface area contributed by atoms with E-state index in [1.165, 1.54) is 12.1 Å². The maximum atomic E-state index is 13.7. The van der Waals surface area contributed by atoms with Crippen LogP contribution in [0.5, 0.6) is 0 Å². The van der Waals surface area contributed by atoms with Crippen molar-refractivity contribution in [2.75, 3.05) is 32.9 Å². The summed E-state index contributed by atoms with van der Waals surface area (Å²) in [5, 5.41) is 18.3. The number of aromatic nitrogens is 3. The summed E-state index contributed by atoms with van der Waals surface area (Å²) in [5.41, 5.74) is 2.46. The first-order valence-corrected chi connectivity index (χ1v) is 14.2. The molecule has 2 N–H and O–H groups in total. The third kappa shape index (κ3) is 5.90. The van der Waals surface area contributed by atoms with Gasteiger partial charge in [0, 0.05) is 61.0 Å². The summed E-state index contributed by atoms with van der Waals surface area (Å²) < 4.78 is 26.9. The molecular weight excluding hydrogens is 517 g/mol. The maximum Gasteiger partial charge on any atom is 0.411 e. The molecular formula is C29H39FN5O5+. The molecule has 1 fully saturated rings. The fraction of sp³-hybridized carbons (Fsp3) is 0.586.